The lowest BCUT2D eigenvalue weighted by atomic mass is 10.0. The van der Waals surface area contributed by atoms with Gasteiger partial charge in [-0.1, -0.05) is 18.2 Å². The molecule has 2 rings (SSSR count). The number of amides is 1. The first kappa shape index (κ1) is 11.5. The van der Waals surface area contributed by atoms with Crippen LogP contribution in [0.5, 0.6) is 5.75 Å². The quantitative estimate of drug-likeness (QED) is 0.787. The van der Waals surface area contributed by atoms with Crippen molar-refractivity contribution in [2.45, 2.75) is 5.92 Å². The Morgan fingerprint density at radius 2 is 2.00 bits per heavy atom. The first-order valence-electron chi connectivity index (χ1n) is 5.41. The van der Waals surface area contributed by atoms with Gasteiger partial charge in [0.25, 0.3) is 0 Å². The number of nitrogens with zero attached hydrogens (tertiary/aromatic N) is 1. The molecule has 17 heavy (non-hydrogen) atoms. The van der Waals surface area contributed by atoms with Crippen LogP contribution in [0.25, 0.3) is 0 Å². The van der Waals surface area contributed by atoms with Crippen LogP contribution < -0.4 is 4.74 Å². The standard InChI is InChI=1S/C13H15NO3/c1-16-12-5-3-10(4-6-12)11-7-8-14(9-11)13(15)17-2/h3-8,11H,9H2,1-2H3. The molecule has 1 aromatic rings. The summed E-state index contributed by atoms with van der Waals surface area (Å²) in [7, 11) is 3.03. The van der Waals surface area contributed by atoms with E-state index < -0.39 is 0 Å². The van der Waals surface area contributed by atoms with Gasteiger partial charge in [-0.15, -0.1) is 0 Å². The number of hydrogen-bond acceptors (Lipinski definition) is 3. The van der Waals surface area contributed by atoms with Crippen LogP contribution in [-0.2, 0) is 4.74 Å². The highest BCUT2D eigenvalue weighted by Crippen LogP contribution is 2.26. The molecule has 0 N–H and O–H groups in total. The third-order valence-electron chi connectivity index (χ3n) is 2.84. The summed E-state index contributed by atoms with van der Waals surface area (Å²) in [4.78, 5) is 12.9. The van der Waals surface area contributed by atoms with E-state index in [-0.39, 0.29) is 12.0 Å². The second-order valence-corrected chi connectivity index (χ2v) is 3.84. The Hall–Kier alpha value is -1.97. The van der Waals surface area contributed by atoms with Crippen LogP contribution in [0.4, 0.5) is 4.79 Å². The molecule has 4 nitrogen and oxygen atoms in total. The molecule has 0 saturated carbocycles. The second-order valence-electron chi connectivity index (χ2n) is 3.84. The van der Waals surface area contributed by atoms with E-state index in [1.807, 2.05) is 30.3 Å². The lowest BCUT2D eigenvalue weighted by Crippen LogP contribution is -2.25. The average Bonchev–Trinajstić information content (AvgIpc) is 2.87. The highest BCUT2D eigenvalue weighted by molar-refractivity contribution is 5.69. The van der Waals surface area contributed by atoms with E-state index in [4.69, 9.17) is 4.74 Å². The molecule has 4 heteroatoms. The number of methoxy groups -OCH3 is 2. The molecule has 1 aromatic carbocycles. The van der Waals surface area contributed by atoms with Crippen molar-refractivity contribution in [1.29, 1.82) is 0 Å². The van der Waals surface area contributed by atoms with E-state index in [2.05, 4.69) is 4.74 Å². The molecular formula is C13H15NO3. The molecule has 0 aromatic heterocycles. The van der Waals surface area contributed by atoms with Crippen molar-refractivity contribution in [3.8, 4) is 5.75 Å². The van der Waals surface area contributed by atoms with Gasteiger partial charge in [-0.3, -0.25) is 4.90 Å². The summed E-state index contributed by atoms with van der Waals surface area (Å²) in [6, 6.07) is 7.86. The smallest absolute Gasteiger partial charge is 0.413 e. The van der Waals surface area contributed by atoms with E-state index >= 15 is 0 Å². The predicted octanol–water partition coefficient (Wildman–Crippen LogP) is 2.37. The van der Waals surface area contributed by atoms with Crippen LogP contribution in [0.3, 0.4) is 0 Å². The molecule has 1 unspecified atom stereocenters. The highest BCUT2D eigenvalue weighted by Gasteiger charge is 2.22. The molecule has 1 atom stereocenters. The Morgan fingerprint density at radius 3 is 2.59 bits per heavy atom. The van der Waals surface area contributed by atoms with Crippen molar-refractivity contribution in [3.05, 3.63) is 42.1 Å². The summed E-state index contributed by atoms with van der Waals surface area (Å²) >= 11 is 0. The summed E-state index contributed by atoms with van der Waals surface area (Å²) in [6.07, 6.45) is 3.44. The minimum atomic E-state index is -0.322. The van der Waals surface area contributed by atoms with Crippen LogP contribution in [-0.4, -0.2) is 31.8 Å². The normalized spacial score (nSPS) is 18.2. The molecule has 0 saturated heterocycles. The molecule has 0 fully saturated rings. The first-order valence-corrected chi connectivity index (χ1v) is 5.41. The maximum Gasteiger partial charge on any atom is 0.413 e. The van der Waals surface area contributed by atoms with E-state index in [0.717, 1.165) is 11.3 Å². The lowest BCUT2D eigenvalue weighted by molar-refractivity contribution is 0.142. The fourth-order valence-electron chi connectivity index (χ4n) is 1.86. The number of rotatable bonds is 2. The Balaban J connectivity index is 2.05. The Morgan fingerprint density at radius 1 is 1.29 bits per heavy atom. The molecule has 0 radical (unpaired) electrons. The largest absolute Gasteiger partial charge is 0.497 e. The van der Waals surface area contributed by atoms with Crippen molar-refractivity contribution < 1.29 is 14.3 Å². The average molecular weight is 233 g/mol. The van der Waals surface area contributed by atoms with Gasteiger partial charge in [0.2, 0.25) is 0 Å². The topological polar surface area (TPSA) is 38.8 Å². The SMILES string of the molecule is COC(=O)N1C=CC(c2ccc(OC)cc2)C1. The number of benzene rings is 1. The Kier molecular flexibility index (Phi) is 3.32. The summed E-state index contributed by atoms with van der Waals surface area (Å²) in [5.74, 6) is 1.06. The number of hydrogen-bond donors (Lipinski definition) is 0. The Bertz CT molecular complexity index is 425. The van der Waals surface area contributed by atoms with Crippen LogP contribution in [0.2, 0.25) is 0 Å². The van der Waals surface area contributed by atoms with Crippen molar-refractivity contribution >= 4 is 6.09 Å². The van der Waals surface area contributed by atoms with Gasteiger partial charge in [0, 0.05) is 18.7 Å². The van der Waals surface area contributed by atoms with E-state index in [0.29, 0.717) is 6.54 Å². The van der Waals surface area contributed by atoms with Crippen molar-refractivity contribution in [1.82, 2.24) is 4.90 Å². The van der Waals surface area contributed by atoms with Gasteiger partial charge in [-0.05, 0) is 17.7 Å². The highest BCUT2D eigenvalue weighted by atomic mass is 16.5. The van der Waals surface area contributed by atoms with E-state index in [9.17, 15) is 4.79 Å². The van der Waals surface area contributed by atoms with Gasteiger partial charge in [-0.25, -0.2) is 4.79 Å². The van der Waals surface area contributed by atoms with Gasteiger partial charge in [0.05, 0.1) is 14.2 Å². The molecule has 90 valence electrons. The minimum Gasteiger partial charge on any atom is -0.497 e. The maximum absolute atomic E-state index is 11.3. The zero-order chi connectivity index (χ0) is 12.3. The molecule has 1 aliphatic rings. The summed E-state index contributed by atoms with van der Waals surface area (Å²) in [6.45, 7) is 0.624. The third kappa shape index (κ3) is 2.41. The minimum absolute atomic E-state index is 0.222. The van der Waals surface area contributed by atoms with Crippen molar-refractivity contribution in [3.63, 3.8) is 0 Å². The van der Waals surface area contributed by atoms with Crippen molar-refractivity contribution in [2.75, 3.05) is 20.8 Å². The number of carbonyl (C=O) groups excluding carboxylic acids is 1. The summed E-state index contributed by atoms with van der Waals surface area (Å²) < 4.78 is 9.78. The van der Waals surface area contributed by atoms with E-state index in [1.54, 1.807) is 18.2 Å². The lowest BCUT2D eigenvalue weighted by Gasteiger charge is -2.15. The molecule has 1 amide bonds. The molecular weight excluding hydrogens is 218 g/mol. The molecule has 0 aliphatic carbocycles. The molecule has 0 bridgehead atoms. The van der Waals surface area contributed by atoms with Gasteiger partial charge in [0.15, 0.2) is 0 Å². The molecule has 0 spiro atoms. The summed E-state index contributed by atoms with van der Waals surface area (Å²) in [5, 5.41) is 0. The van der Waals surface area contributed by atoms with Crippen LogP contribution >= 0.6 is 0 Å². The second kappa shape index (κ2) is 4.91. The van der Waals surface area contributed by atoms with Crippen LogP contribution in [0, 0.1) is 0 Å². The fraction of sp³-hybridized carbons (Fsp3) is 0.308. The molecule has 1 heterocycles. The van der Waals surface area contributed by atoms with Gasteiger partial charge in [0.1, 0.15) is 5.75 Å². The fourth-order valence-corrected chi connectivity index (χ4v) is 1.86. The van der Waals surface area contributed by atoms with Crippen molar-refractivity contribution in [2.24, 2.45) is 0 Å². The number of ether oxygens (including phenoxy) is 2. The third-order valence-corrected chi connectivity index (χ3v) is 2.84. The zero-order valence-electron chi connectivity index (χ0n) is 9.92. The monoisotopic (exact) mass is 233 g/mol. The van der Waals surface area contributed by atoms with E-state index in [1.165, 1.54) is 7.11 Å². The first-order chi connectivity index (χ1) is 8.24. The zero-order valence-corrected chi connectivity index (χ0v) is 9.92. The molecule has 1 aliphatic heterocycles. The number of carbonyl (C=O) groups is 1. The maximum atomic E-state index is 11.3. The van der Waals surface area contributed by atoms with Gasteiger partial charge < -0.3 is 9.47 Å². The predicted molar refractivity (Wildman–Crippen MR) is 64.0 cm³/mol. The summed E-state index contributed by atoms with van der Waals surface area (Å²) in [5.41, 5.74) is 1.16. The van der Waals surface area contributed by atoms with Crippen LogP contribution in [0.15, 0.2) is 36.5 Å². The van der Waals surface area contributed by atoms with Gasteiger partial charge in [-0.2, -0.15) is 0 Å². The van der Waals surface area contributed by atoms with Gasteiger partial charge >= 0.3 is 6.09 Å². The van der Waals surface area contributed by atoms with Crippen LogP contribution in [0.1, 0.15) is 11.5 Å². The Labute approximate surface area is 100 Å².